The predicted molar refractivity (Wildman–Crippen MR) is 134 cm³/mol. The third-order valence-corrected chi connectivity index (χ3v) is 5.27. The minimum Gasteiger partial charge on any atom is -0.457 e. The van der Waals surface area contributed by atoms with E-state index in [4.69, 9.17) is 4.74 Å². The van der Waals surface area contributed by atoms with Gasteiger partial charge in [0, 0.05) is 54.7 Å². The molecular weight excluding hydrogens is 461 g/mol. The number of nitrogens with one attached hydrogen (secondary N) is 2. The van der Waals surface area contributed by atoms with Crippen LogP contribution in [-0.4, -0.2) is 30.3 Å². The maximum atomic E-state index is 14.5. The fourth-order valence-corrected chi connectivity index (χ4v) is 3.58. The molecule has 2 amide bonds. The molecule has 0 fully saturated rings. The van der Waals surface area contributed by atoms with Crippen molar-refractivity contribution in [2.45, 2.75) is 6.92 Å². The van der Waals surface area contributed by atoms with E-state index >= 15 is 0 Å². The number of amides is 2. The first-order valence-electron chi connectivity index (χ1n) is 11.0. The molecular formula is C26H22FN7O2. The first-order valence-corrected chi connectivity index (χ1v) is 11.0. The standard InChI is InChI=1S/C26H22FN7O2/c1-17-14-34(16-29-17)20-5-3-4-19(10-20)31-26(35)32-25-12-21(6-7-23(25)27)36-22-8-9-28-24(11-22)18-13-30-33(2)15-18/h3-16H,1-2H3,(H2,31,32,35). The monoisotopic (exact) mass is 483 g/mol. The number of anilines is 2. The van der Waals surface area contributed by atoms with Gasteiger partial charge in [-0.1, -0.05) is 6.07 Å². The molecule has 0 saturated heterocycles. The van der Waals surface area contributed by atoms with Gasteiger partial charge in [-0.25, -0.2) is 14.2 Å². The summed E-state index contributed by atoms with van der Waals surface area (Å²) in [4.78, 5) is 21.1. The summed E-state index contributed by atoms with van der Waals surface area (Å²) in [6, 6.07) is 14.2. The number of rotatable bonds is 6. The smallest absolute Gasteiger partial charge is 0.323 e. The van der Waals surface area contributed by atoms with Gasteiger partial charge in [0.25, 0.3) is 0 Å². The fraction of sp³-hybridized carbons (Fsp3) is 0.0769. The summed E-state index contributed by atoms with van der Waals surface area (Å²) in [6.45, 7) is 1.90. The highest BCUT2D eigenvalue weighted by molar-refractivity contribution is 6.00. The van der Waals surface area contributed by atoms with Crippen molar-refractivity contribution < 1.29 is 13.9 Å². The summed E-state index contributed by atoms with van der Waals surface area (Å²) in [5, 5.41) is 9.42. The van der Waals surface area contributed by atoms with Gasteiger partial charge in [-0.15, -0.1) is 0 Å². The third kappa shape index (κ3) is 5.22. The molecule has 36 heavy (non-hydrogen) atoms. The van der Waals surface area contributed by atoms with Gasteiger partial charge < -0.3 is 19.9 Å². The van der Waals surface area contributed by atoms with Crippen LogP contribution in [-0.2, 0) is 7.05 Å². The van der Waals surface area contributed by atoms with E-state index in [-0.39, 0.29) is 5.69 Å². The second-order valence-electron chi connectivity index (χ2n) is 8.07. The predicted octanol–water partition coefficient (Wildman–Crippen LogP) is 5.55. The van der Waals surface area contributed by atoms with Crippen molar-refractivity contribution in [3.8, 4) is 28.4 Å². The summed E-state index contributed by atoms with van der Waals surface area (Å²) >= 11 is 0. The van der Waals surface area contributed by atoms with E-state index in [1.807, 2.05) is 43.1 Å². The van der Waals surface area contributed by atoms with Gasteiger partial charge in [0.05, 0.1) is 29.6 Å². The number of ether oxygens (including phenoxy) is 1. The molecule has 0 spiro atoms. The summed E-state index contributed by atoms with van der Waals surface area (Å²) in [5.74, 6) is 0.274. The Balaban J connectivity index is 1.28. The Kier molecular flexibility index (Phi) is 6.14. The fourth-order valence-electron chi connectivity index (χ4n) is 3.58. The van der Waals surface area contributed by atoms with Crippen LogP contribution < -0.4 is 15.4 Å². The lowest BCUT2D eigenvalue weighted by molar-refractivity contribution is 0.262. The zero-order valence-electron chi connectivity index (χ0n) is 19.5. The summed E-state index contributed by atoms with van der Waals surface area (Å²) in [5.41, 5.74) is 3.76. The number of carbonyl (C=O) groups excluding carboxylic acids is 1. The average Bonchev–Trinajstić information content (AvgIpc) is 3.50. The first kappa shape index (κ1) is 22.8. The molecule has 0 radical (unpaired) electrons. The largest absolute Gasteiger partial charge is 0.457 e. The molecule has 0 atom stereocenters. The molecule has 5 aromatic rings. The second kappa shape index (κ2) is 9.71. The number of urea groups is 1. The number of hydrogen-bond donors (Lipinski definition) is 2. The van der Waals surface area contributed by atoms with Gasteiger partial charge in [-0.3, -0.25) is 9.67 Å². The van der Waals surface area contributed by atoms with Gasteiger partial charge >= 0.3 is 6.03 Å². The number of pyridine rings is 1. The van der Waals surface area contributed by atoms with Crippen LogP contribution >= 0.6 is 0 Å². The number of aryl methyl sites for hydroxylation is 2. The van der Waals surface area contributed by atoms with E-state index in [0.29, 0.717) is 22.9 Å². The molecule has 0 aliphatic rings. The van der Waals surface area contributed by atoms with Crippen LogP contribution in [0.25, 0.3) is 16.9 Å². The minimum atomic E-state index is -0.592. The molecule has 3 heterocycles. The van der Waals surface area contributed by atoms with E-state index in [0.717, 1.165) is 16.9 Å². The van der Waals surface area contributed by atoms with Gasteiger partial charge in [0.2, 0.25) is 0 Å². The number of nitrogens with zero attached hydrogens (tertiary/aromatic N) is 5. The Bertz CT molecular complexity index is 1540. The number of carbonyl (C=O) groups is 1. The number of halogens is 1. The van der Waals surface area contributed by atoms with Crippen LogP contribution in [0.1, 0.15) is 5.69 Å². The van der Waals surface area contributed by atoms with Crippen molar-refractivity contribution in [2.75, 3.05) is 10.6 Å². The molecule has 2 aromatic carbocycles. The van der Waals surface area contributed by atoms with Crippen LogP contribution in [0.2, 0.25) is 0 Å². The third-order valence-electron chi connectivity index (χ3n) is 5.27. The Morgan fingerprint density at radius 1 is 1.00 bits per heavy atom. The molecule has 0 aliphatic carbocycles. The Labute approximate surface area is 206 Å². The molecule has 0 bridgehead atoms. The Morgan fingerprint density at radius 3 is 2.64 bits per heavy atom. The zero-order chi connectivity index (χ0) is 25.1. The van der Waals surface area contributed by atoms with Gasteiger partial charge in [-0.2, -0.15) is 5.10 Å². The zero-order valence-corrected chi connectivity index (χ0v) is 19.5. The summed E-state index contributed by atoms with van der Waals surface area (Å²) in [6.07, 6.45) is 8.74. The molecule has 10 heteroatoms. The first-order chi connectivity index (χ1) is 17.4. The lowest BCUT2D eigenvalue weighted by Crippen LogP contribution is -2.20. The van der Waals surface area contributed by atoms with E-state index in [2.05, 4.69) is 25.7 Å². The normalized spacial score (nSPS) is 10.8. The highest BCUT2D eigenvalue weighted by Crippen LogP contribution is 2.28. The van der Waals surface area contributed by atoms with Crippen molar-refractivity contribution >= 4 is 17.4 Å². The lowest BCUT2D eigenvalue weighted by atomic mass is 10.2. The number of benzene rings is 2. The van der Waals surface area contributed by atoms with Crippen molar-refractivity contribution in [1.29, 1.82) is 0 Å². The highest BCUT2D eigenvalue weighted by Gasteiger charge is 2.11. The summed E-state index contributed by atoms with van der Waals surface area (Å²) < 4.78 is 23.9. The minimum absolute atomic E-state index is 0.0204. The maximum Gasteiger partial charge on any atom is 0.323 e. The van der Waals surface area contributed by atoms with Gasteiger partial charge in [0.15, 0.2) is 0 Å². The van der Waals surface area contributed by atoms with E-state index in [9.17, 15) is 9.18 Å². The van der Waals surface area contributed by atoms with Crippen LogP contribution in [0, 0.1) is 12.7 Å². The van der Waals surface area contributed by atoms with Gasteiger partial charge in [-0.05, 0) is 43.3 Å². The lowest BCUT2D eigenvalue weighted by Gasteiger charge is -2.12. The van der Waals surface area contributed by atoms with Crippen molar-refractivity contribution in [1.82, 2.24) is 24.3 Å². The molecule has 0 aliphatic heterocycles. The molecule has 9 nitrogen and oxygen atoms in total. The van der Waals surface area contributed by atoms with Crippen molar-refractivity contribution in [2.24, 2.45) is 7.05 Å². The van der Waals surface area contributed by atoms with Crippen LogP contribution in [0.4, 0.5) is 20.6 Å². The molecule has 2 N–H and O–H groups in total. The molecule has 180 valence electrons. The van der Waals surface area contributed by atoms with E-state index < -0.39 is 11.8 Å². The molecule has 5 rings (SSSR count). The second-order valence-corrected chi connectivity index (χ2v) is 8.07. The highest BCUT2D eigenvalue weighted by atomic mass is 19.1. The van der Waals surface area contributed by atoms with Gasteiger partial charge in [0.1, 0.15) is 17.3 Å². The quantitative estimate of drug-likeness (QED) is 0.330. The van der Waals surface area contributed by atoms with E-state index in [1.54, 1.807) is 47.7 Å². The van der Waals surface area contributed by atoms with Crippen LogP contribution in [0.15, 0.2) is 85.7 Å². The van der Waals surface area contributed by atoms with Crippen LogP contribution in [0.3, 0.4) is 0 Å². The Morgan fingerprint density at radius 2 is 1.86 bits per heavy atom. The number of imidazole rings is 1. The van der Waals surface area contributed by atoms with E-state index in [1.165, 1.54) is 18.2 Å². The average molecular weight is 484 g/mol. The number of hydrogen-bond acceptors (Lipinski definition) is 5. The topological polar surface area (TPSA) is 98.9 Å². The molecule has 3 aromatic heterocycles. The molecule has 0 saturated carbocycles. The maximum absolute atomic E-state index is 14.5. The number of aromatic nitrogens is 5. The Hall–Kier alpha value is -4.99. The molecule has 0 unspecified atom stereocenters. The SMILES string of the molecule is Cc1cn(-c2cccc(NC(=O)Nc3cc(Oc4ccnc(-c5cnn(C)c5)c4)ccc3F)c2)cn1. The van der Waals surface area contributed by atoms with Crippen molar-refractivity contribution in [3.63, 3.8) is 0 Å². The van der Waals surface area contributed by atoms with Crippen molar-refractivity contribution in [3.05, 3.63) is 97.2 Å². The summed E-state index contributed by atoms with van der Waals surface area (Å²) in [7, 11) is 1.82. The van der Waals surface area contributed by atoms with Crippen LogP contribution in [0.5, 0.6) is 11.5 Å².